The zero-order valence-corrected chi connectivity index (χ0v) is 13.9. The van der Waals surface area contributed by atoms with Crippen LogP contribution in [-0.4, -0.2) is 58.5 Å². The van der Waals surface area contributed by atoms with E-state index in [1.807, 2.05) is 9.47 Å². The first-order chi connectivity index (χ1) is 10.0. The minimum atomic E-state index is 0.224. The van der Waals surface area contributed by atoms with Gasteiger partial charge in [-0.25, -0.2) is 4.98 Å². The summed E-state index contributed by atoms with van der Waals surface area (Å²) < 4.78 is 2.00. The fourth-order valence-electron chi connectivity index (χ4n) is 2.82. The zero-order valence-electron chi connectivity index (χ0n) is 13.2. The molecule has 1 amide bonds. The first kappa shape index (κ1) is 16.3. The quantitative estimate of drug-likeness (QED) is 0.807. The van der Waals surface area contributed by atoms with Gasteiger partial charge < -0.3 is 14.4 Å². The largest absolute Gasteiger partial charge is 0.341 e. The monoisotopic (exact) mass is 312 g/mol. The Morgan fingerprint density at radius 1 is 1.52 bits per heavy atom. The molecule has 1 fully saturated rings. The molecule has 1 aliphatic heterocycles. The zero-order chi connectivity index (χ0) is 15.4. The predicted molar refractivity (Wildman–Crippen MR) is 84.5 cm³/mol. The molecule has 0 spiro atoms. The van der Waals surface area contributed by atoms with E-state index in [0.717, 1.165) is 38.3 Å². The van der Waals surface area contributed by atoms with Gasteiger partial charge in [-0.1, -0.05) is 18.5 Å². The molecule has 0 saturated carbocycles. The minimum absolute atomic E-state index is 0.224. The highest BCUT2D eigenvalue weighted by Gasteiger charge is 2.27. The third-order valence-electron chi connectivity index (χ3n) is 4.15. The molecule has 2 rings (SSSR count). The molecule has 6 heteroatoms. The van der Waals surface area contributed by atoms with Gasteiger partial charge in [0, 0.05) is 38.5 Å². The highest BCUT2D eigenvalue weighted by atomic mass is 35.5. The number of hydrogen-bond donors (Lipinski definition) is 0. The van der Waals surface area contributed by atoms with E-state index in [0.29, 0.717) is 24.0 Å². The molecule has 1 aliphatic rings. The number of nitrogens with zero attached hydrogens (tertiary/aromatic N) is 4. The number of carbonyl (C=O) groups is 1. The molecule has 5 nitrogen and oxygen atoms in total. The van der Waals surface area contributed by atoms with E-state index in [9.17, 15) is 4.79 Å². The van der Waals surface area contributed by atoms with Crippen LogP contribution in [0.25, 0.3) is 0 Å². The van der Waals surface area contributed by atoms with Crippen molar-refractivity contribution in [3.05, 3.63) is 17.2 Å². The molecule has 1 atom stereocenters. The lowest BCUT2D eigenvalue weighted by molar-refractivity contribution is -0.130. The molecule has 1 aromatic rings. The second-order valence-electron chi connectivity index (χ2n) is 5.89. The average Bonchev–Trinajstić information content (AvgIpc) is 3.06. The van der Waals surface area contributed by atoms with Gasteiger partial charge in [0.15, 0.2) is 0 Å². The van der Waals surface area contributed by atoms with Crippen LogP contribution in [0, 0.1) is 0 Å². The van der Waals surface area contributed by atoms with Crippen molar-refractivity contribution in [2.24, 2.45) is 0 Å². The number of aromatic nitrogens is 2. The lowest BCUT2D eigenvalue weighted by Crippen LogP contribution is -2.34. The first-order valence-electron chi connectivity index (χ1n) is 7.67. The molecule has 0 N–H and O–H groups in total. The van der Waals surface area contributed by atoms with E-state index in [1.165, 1.54) is 0 Å². The molecule has 1 saturated heterocycles. The van der Waals surface area contributed by atoms with Crippen molar-refractivity contribution < 1.29 is 4.79 Å². The van der Waals surface area contributed by atoms with Crippen LogP contribution < -0.4 is 0 Å². The summed E-state index contributed by atoms with van der Waals surface area (Å²) in [4.78, 5) is 20.8. The van der Waals surface area contributed by atoms with E-state index in [4.69, 9.17) is 11.6 Å². The maximum atomic E-state index is 12.3. The number of carbonyl (C=O) groups excluding carboxylic acids is 1. The van der Waals surface area contributed by atoms with Crippen LogP contribution in [0.4, 0.5) is 0 Å². The maximum Gasteiger partial charge on any atom is 0.223 e. The average molecular weight is 313 g/mol. The molecule has 21 heavy (non-hydrogen) atoms. The van der Waals surface area contributed by atoms with Gasteiger partial charge in [-0.3, -0.25) is 4.79 Å². The van der Waals surface area contributed by atoms with Crippen molar-refractivity contribution >= 4 is 17.5 Å². The standard InChI is InChI=1S/C15H25ClN4O/c1-4-8-20-13(16)10-17-14(20)5-6-15(21)19-9-7-12(11-19)18(2)3/h10,12H,4-9,11H2,1-3H3. The third-order valence-corrected chi connectivity index (χ3v) is 4.45. The summed E-state index contributed by atoms with van der Waals surface area (Å²) in [7, 11) is 4.14. The van der Waals surface area contributed by atoms with Crippen LogP contribution in [0.2, 0.25) is 5.15 Å². The van der Waals surface area contributed by atoms with E-state index in [2.05, 4.69) is 30.9 Å². The van der Waals surface area contributed by atoms with Crippen molar-refractivity contribution in [3.63, 3.8) is 0 Å². The lowest BCUT2D eigenvalue weighted by Gasteiger charge is -2.20. The van der Waals surface area contributed by atoms with Gasteiger partial charge in [0.1, 0.15) is 11.0 Å². The van der Waals surface area contributed by atoms with Gasteiger partial charge in [0.05, 0.1) is 6.20 Å². The van der Waals surface area contributed by atoms with Gasteiger partial charge in [-0.2, -0.15) is 0 Å². The normalized spacial score (nSPS) is 18.7. The number of hydrogen-bond acceptors (Lipinski definition) is 3. The second kappa shape index (κ2) is 7.27. The number of aryl methyl sites for hydroxylation is 1. The maximum absolute atomic E-state index is 12.3. The molecular weight excluding hydrogens is 288 g/mol. The smallest absolute Gasteiger partial charge is 0.223 e. The first-order valence-corrected chi connectivity index (χ1v) is 8.04. The van der Waals surface area contributed by atoms with Gasteiger partial charge in [-0.15, -0.1) is 0 Å². The Kier molecular flexibility index (Phi) is 5.65. The van der Waals surface area contributed by atoms with E-state index in [1.54, 1.807) is 6.20 Å². The summed E-state index contributed by atoms with van der Waals surface area (Å²) >= 11 is 6.12. The SMILES string of the molecule is CCCn1c(Cl)cnc1CCC(=O)N1CCC(N(C)C)C1. The van der Waals surface area contributed by atoms with Crippen LogP contribution in [0.15, 0.2) is 6.20 Å². The number of amides is 1. The highest BCUT2D eigenvalue weighted by molar-refractivity contribution is 6.29. The summed E-state index contributed by atoms with van der Waals surface area (Å²) in [6.45, 7) is 4.67. The Hall–Kier alpha value is -1.07. The number of halogens is 1. The number of likely N-dealkylation sites (N-methyl/N-ethyl adjacent to an activating group) is 1. The molecule has 0 radical (unpaired) electrons. The van der Waals surface area contributed by atoms with Gasteiger partial charge in [0.25, 0.3) is 0 Å². The number of likely N-dealkylation sites (tertiary alicyclic amines) is 1. The molecule has 0 bridgehead atoms. The lowest BCUT2D eigenvalue weighted by atomic mass is 10.2. The fraction of sp³-hybridized carbons (Fsp3) is 0.733. The summed E-state index contributed by atoms with van der Waals surface area (Å²) in [6.07, 6.45) is 4.92. The summed E-state index contributed by atoms with van der Waals surface area (Å²) in [5, 5.41) is 0.660. The fourth-order valence-corrected chi connectivity index (χ4v) is 3.05. The molecule has 118 valence electrons. The molecule has 1 unspecified atom stereocenters. The van der Waals surface area contributed by atoms with Crippen molar-refractivity contribution in [1.29, 1.82) is 0 Å². The topological polar surface area (TPSA) is 41.4 Å². The molecule has 2 heterocycles. The Morgan fingerprint density at radius 3 is 2.90 bits per heavy atom. The van der Waals surface area contributed by atoms with Crippen molar-refractivity contribution in [1.82, 2.24) is 19.4 Å². The predicted octanol–water partition coefficient (Wildman–Crippen LogP) is 2.04. The van der Waals surface area contributed by atoms with Crippen molar-refractivity contribution in [2.75, 3.05) is 27.2 Å². The Labute approximate surface area is 131 Å². The van der Waals surface area contributed by atoms with Gasteiger partial charge in [-0.05, 0) is 26.9 Å². The van der Waals surface area contributed by atoms with Gasteiger partial charge >= 0.3 is 0 Å². The van der Waals surface area contributed by atoms with Crippen LogP contribution in [0.5, 0.6) is 0 Å². The molecule has 0 aliphatic carbocycles. The Balaban J connectivity index is 1.87. The third kappa shape index (κ3) is 3.98. The van der Waals surface area contributed by atoms with E-state index >= 15 is 0 Å². The van der Waals surface area contributed by atoms with E-state index in [-0.39, 0.29) is 5.91 Å². The molecule has 1 aromatic heterocycles. The van der Waals surface area contributed by atoms with Crippen LogP contribution >= 0.6 is 11.6 Å². The molecule has 0 aromatic carbocycles. The van der Waals surface area contributed by atoms with Crippen molar-refractivity contribution in [2.45, 2.75) is 45.2 Å². The second-order valence-corrected chi connectivity index (χ2v) is 6.28. The highest BCUT2D eigenvalue weighted by Crippen LogP contribution is 2.17. The van der Waals surface area contributed by atoms with Gasteiger partial charge in [0.2, 0.25) is 5.91 Å². The minimum Gasteiger partial charge on any atom is -0.341 e. The van der Waals surface area contributed by atoms with Crippen LogP contribution in [0.3, 0.4) is 0 Å². The van der Waals surface area contributed by atoms with Crippen molar-refractivity contribution in [3.8, 4) is 0 Å². The summed E-state index contributed by atoms with van der Waals surface area (Å²) in [5.74, 6) is 1.14. The Morgan fingerprint density at radius 2 is 2.29 bits per heavy atom. The molecular formula is C15H25ClN4O. The van der Waals surface area contributed by atoms with Crippen LogP contribution in [0.1, 0.15) is 32.0 Å². The Bertz CT molecular complexity index is 486. The van der Waals surface area contributed by atoms with E-state index < -0.39 is 0 Å². The summed E-state index contributed by atoms with van der Waals surface area (Å²) in [6, 6.07) is 0.491. The number of imidazole rings is 1. The van der Waals surface area contributed by atoms with Crippen LogP contribution in [-0.2, 0) is 17.8 Å². The number of rotatable bonds is 6. The summed E-state index contributed by atoms with van der Waals surface area (Å²) in [5.41, 5.74) is 0.